The summed E-state index contributed by atoms with van der Waals surface area (Å²) in [6.45, 7) is 8.40. The SMILES string of the molecule is CCCCCCCC(C)(CN)N1CCn2ccnc2C1. The van der Waals surface area contributed by atoms with E-state index in [4.69, 9.17) is 5.73 Å². The summed E-state index contributed by atoms with van der Waals surface area (Å²) in [6.07, 6.45) is 11.9. The molecule has 0 spiro atoms. The summed E-state index contributed by atoms with van der Waals surface area (Å²) in [5.41, 5.74) is 6.23. The lowest BCUT2D eigenvalue weighted by Gasteiger charge is -2.43. The maximum absolute atomic E-state index is 6.11. The first-order valence-electron chi connectivity index (χ1n) is 8.15. The molecular weight excluding hydrogens is 248 g/mol. The lowest BCUT2D eigenvalue weighted by Crippen LogP contribution is -2.54. The normalized spacial score (nSPS) is 18.8. The van der Waals surface area contributed by atoms with E-state index in [1.165, 1.54) is 44.3 Å². The predicted octanol–water partition coefficient (Wildman–Crippen LogP) is 2.78. The van der Waals surface area contributed by atoms with Crippen molar-refractivity contribution < 1.29 is 0 Å². The van der Waals surface area contributed by atoms with Gasteiger partial charge in [0, 0.05) is 37.6 Å². The van der Waals surface area contributed by atoms with Crippen LogP contribution in [0.5, 0.6) is 0 Å². The maximum Gasteiger partial charge on any atom is 0.122 e. The van der Waals surface area contributed by atoms with E-state index < -0.39 is 0 Å². The molecular formula is C16H30N4. The third kappa shape index (κ3) is 3.61. The van der Waals surface area contributed by atoms with Crippen LogP contribution in [0.1, 0.15) is 58.2 Å². The van der Waals surface area contributed by atoms with Crippen molar-refractivity contribution in [1.82, 2.24) is 14.5 Å². The fourth-order valence-electron chi connectivity index (χ4n) is 3.13. The highest BCUT2D eigenvalue weighted by Gasteiger charge is 2.32. The number of hydrogen-bond acceptors (Lipinski definition) is 3. The number of rotatable bonds is 8. The highest BCUT2D eigenvalue weighted by Crippen LogP contribution is 2.26. The van der Waals surface area contributed by atoms with Crippen molar-refractivity contribution in [3.63, 3.8) is 0 Å². The summed E-state index contributed by atoms with van der Waals surface area (Å²) in [5.74, 6) is 1.18. The van der Waals surface area contributed by atoms with Crippen LogP contribution in [0.25, 0.3) is 0 Å². The van der Waals surface area contributed by atoms with E-state index in [0.717, 1.165) is 26.2 Å². The van der Waals surface area contributed by atoms with Gasteiger partial charge in [-0.25, -0.2) is 4.98 Å². The average Bonchev–Trinajstić information content (AvgIpc) is 2.94. The van der Waals surface area contributed by atoms with Crippen molar-refractivity contribution in [3.05, 3.63) is 18.2 Å². The van der Waals surface area contributed by atoms with E-state index in [-0.39, 0.29) is 5.54 Å². The molecule has 0 radical (unpaired) electrons. The summed E-state index contributed by atoms with van der Waals surface area (Å²) in [7, 11) is 0. The lowest BCUT2D eigenvalue weighted by molar-refractivity contribution is 0.0677. The monoisotopic (exact) mass is 278 g/mol. The van der Waals surface area contributed by atoms with Crippen LogP contribution >= 0.6 is 0 Å². The van der Waals surface area contributed by atoms with Crippen molar-refractivity contribution in [2.45, 2.75) is 71.0 Å². The fraction of sp³-hybridized carbons (Fsp3) is 0.812. The second-order valence-corrected chi connectivity index (χ2v) is 6.32. The zero-order chi connectivity index (χ0) is 14.4. The van der Waals surface area contributed by atoms with Gasteiger partial charge in [0.15, 0.2) is 0 Å². The van der Waals surface area contributed by atoms with Gasteiger partial charge in [0.1, 0.15) is 5.82 Å². The smallest absolute Gasteiger partial charge is 0.122 e. The topological polar surface area (TPSA) is 47.1 Å². The Morgan fingerprint density at radius 1 is 1.25 bits per heavy atom. The molecule has 1 atom stereocenters. The van der Waals surface area contributed by atoms with E-state index in [1.54, 1.807) is 0 Å². The molecule has 0 bridgehead atoms. The van der Waals surface area contributed by atoms with Crippen LogP contribution in [-0.4, -0.2) is 33.1 Å². The average molecular weight is 278 g/mol. The molecule has 1 aliphatic heterocycles. The molecule has 4 heteroatoms. The minimum Gasteiger partial charge on any atom is -0.333 e. The van der Waals surface area contributed by atoms with Crippen LogP contribution in [0.4, 0.5) is 0 Å². The molecule has 0 saturated heterocycles. The van der Waals surface area contributed by atoms with Crippen LogP contribution in [0.3, 0.4) is 0 Å². The quantitative estimate of drug-likeness (QED) is 0.744. The Morgan fingerprint density at radius 3 is 2.80 bits per heavy atom. The zero-order valence-electron chi connectivity index (χ0n) is 13.1. The molecule has 0 fully saturated rings. The van der Waals surface area contributed by atoms with Gasteiger partial charge in [-0.2, -0.15) is 0 Å². The third-order valence-corrected chi connectivity index (χ3v) is 4.77. The van der Waals surface area contributed by atoms with Gasteiger partial charge in [0.05, 0.1) is 6.54 Å². The minimum absolute atomic E-state index is 0.128. The van der Waals surface area contributed by atoms with Gasteiger partial charge in [-0.3, -0.25) is 4.90 Å². The summed E-state index contributed by atoms with van der Waals surface area (Å²) < 4.78 is 2.26. The lowest BCUT2D eigenvalue weighted by atomic mass is 9.91. The standard InChI is InChI=1S/C16H30N4/c1-3-4-5-6-7-8-16(2,14-17)20-12-11-19-10-9-18-15(19)13-20/h9-10H,3-8,11-14,17H2,1-2H3. The second-order valence-electron chi connectivity index (χ2n) is 6.32. The second kappa shape index (κ2) is 7.23. The molecule has 114 valence electrons. The molecule has 1 aromatic heterocycles. The Kier molecular flexibility index (Phi) is 5.61. The van der Waals surface area contributed by atoms with E-state index in [0.29, 0.717) is 0 Å². The van der Waals surface area contributed by atoms with Gasteiger partial charge in [0.2, 0.25) is 0 Å². The Bertz CT molecular complexity index is 401. The van der Waals surface area contributed by atoms with Crippen molar-refractivity contribution in [3.8, 4) is 0 Å². The van der Waals surface area contributed by atoms with Crippen LogP contribution in [-0.2, 0) is 13.1 Å². The van der Waals surface area contributed by atoms with Crippen molar-refractivity contribution in [1.29, 1.82) is 0 Å². The molecule has 0 saturated carbocycles. The number of hydrogen-bond donors (Lipinski definition) is 1. The van der Waals surface area contributed by atoms with Crippen LogP contribution in [0, 0.1) is 0 Å². The zero-order valence-corrected chi connectivity index (χ0v) is 13.1. The van der Waals surface area contributed by atoms with Gasteiger partial charge in [-0.05, 0) is 13.3 Å². The Hall–Kier alpha value is -0.870. The van der Waals surface area contributed by atoms with Crippen molar-refractivity contribution in [2.24, 2.45) is 5.73 Å². The van der Waals surface area contributed by atoms with Gasteiger partial charge >= 0.3 is 0 Å². The highest BCUT2D eigenvalue weighted by atomic mass is 15.3. The van der Waals surface area contributed by atoms with Crippen LogP contribution in [0.15, 0.2) is 12.4 Å². The van der Waals surface area contributed by atoms with Gasteiger partial charge in [0.25, 0.3) is 0 Å². The van der Waals surface area contributed by atoms with Gasteiger partial charge < -0.3 is 10.3 Å². The number of nitrogens with zero attached hydrogens (tertiary/aromatic N) is 3. The Morgan fingerprint density at radius 2 is 2.05 bits per heavy atom. The number of nitrogens with two attached hydrogens (primary N) is 1. The molecule has 20 heavy (non-hydrogen) atoms. The van der Waals surface area contributed by atoms with E-state index in [2.05, 4.69) is 34.5 Å². The minimum atomic E-state index is 0.128. The predicted molar refractivity (Wildman–Crippen MR) is 83.5 cm³/mol. The molecule has 4 nitrogen and oxygen atoms in total. The third-order valence-electron chi connectivity index (χ3n) is 4.77. The Labute approximate surface area is 123 Å². The summed E-state index contributed by atoms with van der Waals surface area (Å²) in [5, 5.41) is 0. The van der Waals surface area contributed by atoms with E-state index in [9.17, 15) is 0 Å². The fourth-order valence-corrected chi connectivity index (χ4v) is 3.13. The number of fused-ring (bicyclic) bond motifs is 1. The number of unbranched alkanes of at least 4 members (excludes halogenated alkanes) is 4. The first-order valence-corrected chi connectivity index (χ1v) is 8.15. The number of imidazole rings is 1. The maximum atomic E-state index is 6.11. The van der Waals surface area contributed by atoms with E-state index >= 15 is 0 Å². The molecule has 0 amide bonds. The summed E-state index contributed by atoms with van der Waals surface area (Å²) in [4.78, 5) is 6.99. The molecule has 1 unspecified atom stereocenters. The van der Waals surface area contributed by atoms with Gasteiger partial charge in [-0.1, -0.05) is 39.0 Å². The molecule has 2 rings (SSSR count). The van der Waals surface area contributed by atoms with Crippen LogP contribution in [0.2, 0.25) is 0 Å². The first kappa shape index (κ1) is 15.5. The highest BCUT2D eigenvalue weighted by molar-refractivity contribution is 4.99. The van der Waals surface area contributed by atoms with Crippen molar-refractivity contribution >= 4 is 0 Å². The van der Waals surface area contributed by atoms with Gasteiger partial charge in [-0.15, -0.1) is 0 Å². The summed E-state index contributed by atoms with van der Waals surface area (Å²) >= 11 is 0. The van der Waals surface area contributed by atoms with E-state index in [1.807, 2.05) is 6.20 Å². The first-order chi connectivity index (χ1) is 9.69. The number of aromatic nitrogens is 2. The van der Waals surface area contributed by atoms with Crippen LogP contribution < -0.4 is 5.73 Å². The molecule has 0 aromatic carbocycles. The molecule has 1 aromatic rings. The summed E-state index contributed by atoms with van der Waals surface area (Å²) in [6, 6.07) is 0. The molecule has 2 heterocycles. The van der Waals surface area contributed by atoms with Crippen molar-refractivity contribution in [2.75, 3.05) is 13.1 Å². The molecule has 0 aliphatic carbocycles. The largest absolute Gasteiger partial charge is 0.333 e. The Balaban J connectivity index is 1.87. The molecule has 2 N–H and O–H groups in total. The molecule has 1 aliphatic rings.